The summed E-state index contributed by atoms with van der Waals surface area (Å²) >= 11 is 0. The van der Waals surface area contributed by atoms with Crippen LogP contribution in [0.5, 0.6) is 0 Å². The molecule has 0 heterocycles. The number of esters is 1. The van der Waals surface area contributed by atoms with Gasteiger partial charge in [-0.1, -0.05) is 51.1 Å². The van der Waals surface area contributed by atoms with Gasteiger partial charge in [-0.25, -0.2) is 9.59 Å². The van der Waals surface area contributed by atoms with Crippen LogP contribution in [0.1, 0.15) is 67.4 Å². The van der Waals surface area contributed by atoms with Crippen LogP contribution in [-0.4, -0.2) is 89.1 Å². The number of aliphatic carboxylic acids is 1. The smallest absolute Gasteiger partial charge is 0.408 e. The minimum atomic E-state index is -1.33. The van der Waals surface area contributed by atoms with Crippen LogP contribution in [0.25, 0.3) is 0 Å². The van der Waals surface area contributed by atoms with Crippen molar-refractivity contribution in [2.45, 2.75) is 86.0 Å². The number of nitrogens with one attached hydrogen (secondary N) is 1. The van der Waals surface area contributed by atoms with E-state index < -0.39 is 53.6 Å². The van der Waals surface area contributed by atoms with Crippen LogP contribution < -0.4 is 5.32 Å². The van der Waals surface area contributed by atoms with Gasteiger partial charge in [-0.3, -0.25) is 14.6 Å². The fraction of sp³-hybridized carbons (Fsp3) is 0.621. The Labute approximate surface area is 237 Å². The Morgan fingerprint density at radius 1 is 1.05 bits per heavy atom. The Hall–Kier alpha value is -3.63. The van der Waals surface area contributed by atoms with Crippen LogP contribution in [-0.2, 0) is 30.4 Å². The SMILES string of the molecule is CCN(Cc1ccccc1)/C(=N\C)[C@H](N(CC[C@H](NC(=O)OC(C)(C)C)C(=O)O)C(=O)COC(C)=O)C(C)(C)C. The maximum Gasteiger partial charge on any atom is 0.408 e. The predicted octanol–water partition coefficient (Wildman–Crippen LogP) is 3.71. The van der Waals surface area contributed by atoms with Crippen LogP contribution in [0.15, 0.2) is 35.3 Å². The number of amidine groups is 1. The number of carbonyl (C=O) groups is 4. The molecular formula is C29H46N4O7. The largest absolute Gasteiger partial charge is 0.480 e. The molecule has 0 saturated heterocycles. The first-order valence-electron chi connectivity index (χ1n) is 13.4. The molecule has 0 bridgehead atoms. The molecule has 0 saturated carbocycles. The lowest BCUT2D eigenvalue weighted by Gasteiger charge is -2.44. The summed E-state index contributed by atoms with van der Waals surface area (Å²) < 4.78 is 10.2. The number of benzene rings is 1. The minimum absolute atomic E-state index is 0.0588. The summed E-state index contributed by atoms with van der Waals surface area (Å²) in [6, 6.07) is 7.91. The lowest BCUT2D eigenvalue weighted by atomic mass is 9.83. The van der Waals surface area contributed by atoms with Crippen molar-refractivity contribution < 1.29 is 33.8 Å². The summed E-state index contributed by atoms with van der Waals surface area (Å²) in [5.74, 6) is -1.76. The number of aliphatic imine (C=N–C) groups is 1. The van der Waals surface area contributed by atoms with Crippen molar-refractivity contribution in [1.82, 2.24) is 15.1 Å². The molecule has 0 radical (unpaired) electrons. The molecule has 2 N–H and O–H groups in total. The van der Waals surface area contributed by atoms with Crippen molar-refractivity contribution in [2.24, 2.45) is 10.4 Å². The summed E-state index contributed by atoms with van der Waals surface area (Å²) in [5, 5.41) is 12.2. The molecule has 1 aromatic carbocycles. The number of hydrogen-bond acceptors (Lipinski definition) is 7. The van der Waals surface area contributed by atoms with Crippen LogP contribution in [0.4, 0.5) is 4.79 Å². The summed E-state index contributed by atoms with van der Waals surface area (Å²) in [6.07, 6.45) is -0.990. The molecule has 1 aromatic rings. The lowest BCUT2D eigenvalue weighted by Crippen LogP contribution is -2.58. The van der Waals surface area contributed by atoms with Gasteiger partial charge in [0.15, 0.2) is 6.61 Å². The Balaban J connectivity index is 3.43. The molecule has 0 unspecified atom stereocenters. The quantitative estimate of drug-likeness (QED) is 0.223. The lowest BCUT2D eigenvalue weighted by molar-refractivity contribution is -0.151. The number of likely N-dealkylation sites (N-methyl/N-ethyl adjacent to an activating group) is 1. The van der Waals surface area contributed by atoms with E-state index in [1.165, 1.54) is 11.8 Å². The number of hydrogen-bond donors (Lipinski definition) is 2. The number of carboxylic acid groups (broad SMARTS) is 1. The highest BCUT2D eigenvalue weighted by Crippen LogP contribution is 2.29. The van der Waals surface area contributed by atoms with E-state index in [1.807, 2.05) is 58.0 Å². The number of carbonyl (C=O) groups excluding carboxylic acids is 3. The molecule has 2 amide bonds. The van der Waals surface area contributed by atoms with Gasteiger partial charge in [0.05, 0.1) is 6.04 Å². The van der Waals surface area contributed by atoms with E-state index in [0.29, 0.717) is 18.9 Å². The van der Waals surface area contributed by atoms with E-state index >= 15 is 0 Å². The number of ether oxygens (including phenoxy) is 2. The second-order valence-corrected chi connectivity index (χ2v) is 11.5. The third-order valence-electron chi connectivity index (χ3n) is 5.89. The van der Waals surface area contributed by atoms with Gasteiger partial charge in [0.25, 0.3) is 5.91 Å². The first kappa shape index (κ1) is 34.4. The standard InChI is InChI=1S/C29H46N4O7/c1-10-32(18-21-14-12-11-13-15-21)25(30-9)24(28(3,4)5)33(23(35)19-39-20(2)34)17-16-22(26(36)37)31-27(38)40-29(6,7)8/h11-15,22,24H,10,16-19H2,1-9H3,(H,31,38)(H,36,37)/b30-25-/t22-,24-/m0/s1. The van der Waals surface area contributed by atoms with Crippen molar-refractivity contribution in [3.05, 3.63) is 35.9 Å². The number of rotatable bonds is 12. The molecule has 2 atom stereocenters. The average Bonchev–Trinajstić information content (AvgIpc) is 2.83. The van der Waals surface area contributed by atoms with Crippen LogP contribution in [0.3, 0.4) is 0 Å². The Morgan fingerprint density at radius 3 is 2.10 bits per heavy atom. The molecule has 1 rings (SSSR count). The molecule has 0 aromatic heterocycles. The predicted molar refractivity (Wildman–Crippen MR) is 153 cm³/mol. The van der Waals surface area contributed by atoms with Gasteiger partial charge >= 0.3 is 18.0 Å². The van der Waals surface area contributed by atoms with E-state index in [1.54, 1.807) is 27.8 Å². The van der Waals surface area contributed by atoms with Gasteiger partial charge in [0.2, 0.25) is 0 Å². The third-order valence-corrected chi connectivity index (χ3v) is 5.89. The molecule has 11 heteroatoms. The van der Waals surface area contributed by atoms with Crippen molar-refractivity contribution in [1.29, 1.82) is 0 Å². The number of alkyl carbamates (subject to hydrolysis) is 1. The van der Waals surface area contributed by atoms with Crippen LogP contribution in [0, 0.1) is 5.41 Å². The van der Waals surface area contributed by atoms with Gasteiger partial charge in [-0.05, 0) is 45.1 Å². The second kappa shape index (κ2) is 15.2. The minimum Gasteiger partial charge on any atom is -0.480 e. The maximum absolute atomic E-state index is 13.5. The van der Waals surface area contributed by atoms with Crippen molar-refractivity contribution >= 4 is 29.8 Å². The highest BCUT2D eigenvalue weighted by molar-refractivity contribution is 5.93. The fourth-order valence-electron chi connectivity index (χ4n) is 4.21. The van der Waals surface area contributed by atoms with Gasteiger partial charge < -0.3 is 29.7 Å². The molecule has 11 nitrogen and oxygen atoms in total. The number of amides is 2. The molecule has 0 aliphatic rings. The van der Waals surface area contributed by atoms with Gasteiger partial charge in [0.1, 0.15) is 17.5 Å². The monoisotopic (exact) mass is 562 g/mol. The van der Waals surface area contributed by atoms with Gasteiger partial charge in [-0.2, -0.15) is 0 Å². The first-order valence-corrected chi connectivity index (χ1v) is 13.4. The number of carboxylic acids is 1. The Kier molecular flexibility index (Phi) is 13.1. The zero-order chi connectivity index (χ0) is 30.7. The van der Waals surface area contributed by atoms with E-state index in [4.69, 9.17) is 9.47 Å². The van der Waals surface area contributed by atoms with Crippen LogP contribution in [0.2, 0.25) is 0 Å². The molecule has 0 spiro atoms. The molecular weight excluding hydrogens is 516 g/mol. The average molecular weight is 563 g/mol. The zero-order valence-electron chi connectivity index (χ0n) is 25.3. The van der Waals surface area contributed by atoms with E-state index in [0.717, 1.165) is 5.56 Å². The van der Waals surface area contributed by atoms with Gasteiger partial charge in [-0.15, -0.1) is 0 Å². The third kappa shape index (κ3) is 11.6. The Morgan fingerprint density at radius 2 is 1.65 bits per heavy atom. The molecule has 224 valence electrons. The van der Waals surface area contributed by atoms with Crippen molar-refractivity contribution in [2.75, 3.05) is 26.7 Å². The van der Waals surface area contributed by atoms with E-state index in [-0.39, 0.29) is 13.0 Å². The normalized spacial score (nSPS) is 13.6. The molecule has 0 aliphatic heterocycles. The summed E-state index contributed by atoms with van der Waals surface area (Å²) in [4.78, 5) is 57.6. The van der Waals surface area contributed by atoms with Crippen molar-refractivity contribution in [3.63, 3.8) is 0 Å². The first-order chi connectivity index (χ1) is 18.5. The highest BCUT2D eigenvalue weighted by atomic mass is 16.6. The Bertz CT molecular complexity index is 1030. The van der Waals surface area contributed by atoms with E-state index in [9.17, 15) is 24.3 Å². The summed E-state index contributed by atoms with van der Waals surface area (Å²) in [6.45, 7) is 14.7. The second-order valence-electron chi connectivity index (χ2n) is 11.5. The maximum atomic E-state index is 13.5. The van der Waals surface area contributed by atoms with E-state index in [2.05, 4.69) is 15.2 Å². The van der Waals surface area contributed by atoms with Gasteiger partial charge in [0, 0.05) is 33.6 Å². The highest BCUT2D eigenvalue weighted by Gasteiger charge is 2.40. The molecule has 0 fully saturated rings. The number of nitrogens with zero attached hydrogens (tertiary/aromatic N) is 3. The summed E-state index contributed by atoms with van der Waals surface area (Å²) in [5.41, 5.74) is -0.309. The van der Waals surface area contributed by atoms with Crippen LogP contribution >= 0.6 is 0 Å². The molecule has 0 aliphatic carbocycles. The topological polar surface area (TPSA) is 138 Å². The van der Waals surface area contributed by atoms with Crippen molar-refractivity contribution in [3.8, 4) is 0 Å². The zero-order valence-corrected chi connectivity index (χ0v) is 25.3. The molecule has 40 heavy (non-hydrogen) atoms. The fourth-order valence-corrected chi connectivity index (χ4v) is 4.21. The summed E-state index contributed by atoms with van der Waals surface area (Å²) in [7, 11) is 1.65.